The summed E-state index contributed by atoms with van der Waals surface area (Å²) >= 11 is 0. The number of hydrogen-bond donors (Lipinski definition) is 2. The molecule has 2 N–H and O–H groups in total. The summed E-state index contributed by atoms with van der Waals surface area (Å²) in [4.78, 5) is 71.2. The predicted molar refractivity (Wildman–Crippen MR) is 132 cm³/mol. The molecule has 0 aromatic heterocycles. The number of esters is 2. The molecule has 1 aliphatic heterocycles. The lowest BCUT2D eigenvalue weighted by Crippen LogP contribution is -2.43. The van der Waals surface area contributed by atoms with E-state index in [1.807, 2.05) is 6.92 Å². The highest BCUT2D eigenvalue weighted by Gasteiger charge is 2.36. The molecule has 2 aromatic rings. The van der Waals surface area contributed by atoms with Crippen molar-refractivity contribution < 1.29 is 38.4 Å². The number of nitrogens with zero attached hydrogens (tertiary/aromatic N) is 2. The molecule has 0 spiro atoms. The minimum Gasteiger partial charge on any atom is -0.462 e. The predicted octanol–water partition coefficient (Wildman–Crippen LogP) is 2.23. The number of carbonyl (C=O) groups is 5. The second-order valence-corrected chi connectivity index (χ2v) is 8.37. The first-order chi connectivity index (χ1) is 18.2. The summed E-state index contributed by atoms with van der Waals surface area (Å²) in [5, 5.41) is 14.2. The summed E-state index contributed by atoms with van der Waals surface area (Å²) in [5.41, 5.74) is 2.97. The summed E-state index contributed by atoms with van der Waals surface area (Å²) in [7, 11) is 0. The summed E-state index contributed by atoms with van der Waals surface area (Å²) in [6.07, 6.45) is 1.44. The first kappa shape index (κ1) is 27.8. The highest BCUT2D eigenvalue weighted by atomic mass is 16.6. The zero-order chi connectivity index (χ0) is 27.7. The van der Waals surface area contributed by atoms with Gasteiger partial charge in [-0.25, -0.2) is 4.79 Å². The van der Waals surface area contributed by atoms with Gasteiger partial charge >= 0.3 is 11.9 Å². The maximum atomic E-state index is 12.4. The molecule has 0 unspecified atom stereocenters. The molecule has 13 nitrogen and oxygen atoms in total. The highest BCUT2D eigenvalue weighted by molar-refractivity contribution is 5.97. The molecule has 0 radical (unpaired) electrons. The summed E-state index contributed by atoms with van der Waals surface area (Å²) < 4.78 is 10.1. The Labute approximate surface area is 217 Å². The third-order valence-electron chi connectivity index (χ3n) is 5.52. The molecule has 1 saturated heterocycles. The number of unbranched alkanes of at least 4 members (excludes halogenated alkanes) is 1. The van der Waals surface area contributed by atoms with Crippen LogP contribution in [0.25, 0.3) is 0 Å². The average Bonchev–Trinajstić information content (AvgIpc) is 3.27. The number of non-ortho nitro benzene ring substituents is 1. The van der Waals surface area contributed by atoms with Crippen LogP contribution in [0.5, 0.6) is 0 Å². The van der Waals surface area contributed by atoms with Crippen LogP contribution in [-0.4, -0.2) is 59.4 Å². The lowest BCUT2D eigenvalue weighted by atomic mass is 10.1. The lowest BCUT2D eigenvalue weighted by molar-refractivity contribution is -0.384. The van der Waals surface area contributed by atoms with E-state index in [2.05, 4.69) is 10.7 Å². The van der Waals surface area contributed by atoms with Crippen molar-refractivity contribution in [2.45, 2.75) is 26.2 Å². The van der Waals surface area contributed by atoms with Crippen molar-refractivity contribution in [3.63, 3.8) is 0 Å². The number of hydrazine groups is 1. The van der Waals surface area contributed by atoms with Crippen molar-refractivity contribution >= 4 is 41.0 Å². The molecule has 2 aromatic carbocycles. The largest absolute Gasteiger partial charge is 0.462 e. The van der Waals surface area contributed by atoms with Crippen LogP contribution >= 0.6 is 0 Å². The van der Waals surface area contributed by atoms with Crippen LogP contribution in [0.4, 0.5) is 11.4 Å². The number of nitro groups is 1. The molecule has 38 heavy (non-hydrogen) atoms. The lowest BCUT2D eigenvalue weighted by Gasteiger charge is -2.17. The molecule has 0 aliphatic carbocycles. The fraction of sp³-hybridized carbons (Fsp3) is 0.320. The van der Waals surface area contributed by atoms with Gasteiger partial charge in [-0.2, -0.15) is 0 Å². The van der Waals surface area contributed by atoms with Crippen LogP contribution in [0.15, 0.2) is 48.5 Å². The molecule has 13 heteroatoms. The van der Waals surface area contributed by atoms with Gasteiger partial charge in [0.15, 0.2) is 6.61 Å². The molecule has 200 valence electrons. The van der Waals surface area contributed by atoms with E-state index >= 15 is 0 Å². The SMILES string of the molecule is CCCCOC(=O)c1ccc(NC(=O)COC(=O)[C@@H]2CC(=O)N(NC(=O)c3ccc([N+](=O)[O-])cc3)C2)cc1. The Morgan fingerprint density at radius 3 is 2.32 bits per heavy atom. The van der Waals surface area contributed by atoms with Crippen molar-refractivity contribution in [2.75, 3.05) is 25.1 Å². The zero-order valence-corrected chi connectivity index (χ0v) is 20.5. The monoisotopic (exact) mass is 526 g/mol. The van der Waals surface area contributed by atoms with E-state index < -0.39 is 47.1 Å². The minimum atomic E-state index is -0.898. The Morgan fingerprint density at radius 1 is 1.03 bits per heavy atom. The third kappa shape index (κ3) is 7.59. The Hall–Kier alpha value is -4.81. The third-order valence-corrected chi connectivity index (χ3v) is 5.52. The van der Waals surface area contributed by atoms with Gasteiger partial charge in [0.25, 0.3) is 17.5 Å². The van der Waals surface area contributed by atoms with Crippen molar-refractivity contribution in [1.29, 1.82) is 0 Å². The highest BCUT2D eigenvalue weighted by Crippen LogP contribution is 2.19. The van der Waals surface area contributed by atoms with E-state index in [9.17, 15) is 34.1 Å². The number of rotatable bonds is 11. The van der Waals surface area contributed by atoms with E-state index in [4.69, 9.17) is 9.47 Å². The van der Waals surface area contributed by atoms with Crippen molar-refractivity contribution in [3.8, 4) is 0 Å². The molecule has 3 rings (SSSR count). The number of nitro benzene ring substituents is 1. The number of amides is 3. The molecular formula is C25H26N4O9. The number of ether oxygens (including phenoxy) is 2. The van der Waals surface area contributed by atoms with Crippen LogP contribution in [0, 0.1) is 16.0 Å². The molecule has 1 atom stereocenters. The zero-order valence-electron chi connectivity index (χ0n) is 20.5. The van der Waals surface area contributed by atoms with Gasteiger partial charge in [-0.05, 0) is 42.8 Å². The number of anilines is 1. The van der Waals surface area contributed by atoms with Gasteiger partial charge in [0.2, 0.25) is 5.91 Å². The van der Waals surface area contributed by atoms with Crippen LogP contribution in [-0.2, 0) is 23.9 Å². The average molecular weight is 527 g/mol. The Morgan fingerprint density at radius 2 is 1.68 bits per heavy atom. The number of benzene rings is 2. The van der Waals surface area contributed by atoms with Crippen LogP contribution in [0.3, 0.4) is 0 Å². The first-order valence-corrected chi connectivity index (χ1v) is 11.8. The molecule has 0 saturated carbocycles. The fourth-order valence-electron chi connectivity index (χ4n) is 3.43. The van der Waals surface area contributed by atoms with Crippen LogP contribution < -0.4 is 10.7 Å². The molecular weight excluding hydrogens is 500 g/mol. The van der Waals surface area contributed by atoms with Crippen LogP contribution in [0.2, 0.25) is 0 Å². The molecule has 1 fully saturated rings. The van der Waals surface area contributed by atoms with E-state index in [1.54, 1.807) is 0 Å². The standard InChI is InChI=1S/C25H26N4O9/c1-2-3-12-37-24(33)17-4-8-19(9-5-17)26-21(30)15-38-25(34)18-13-22(31)28(14-18)27-23(32)16-6-10-20(11-7-16)29(35)36/h4-11,18H,2-3,12-15H2,1H3,(H,26,30)(H,27,32)/t18-/m1/s1. The van der Waals surface area contributed by atoms with Gasteiger partial charge in [-0.15, -0.1) is 0 Å². The molecule has 0 bridgehead atoms. The minimum absolute atomic E-state index is 0.0903. The Balaban J connectivity index is 1.43. The van der Waals surface area contributed by atoms with Gasteiger partial charge < -0.3 is 14.8 Å². The summed E-state index contributed by atoms with van der Waals surface area (Å²) in [5.74, 6) is -3.98. The maximum absolute atomic E-state index is 12.4. The summed E-state index contributed by atoms with van der Waals surface area (Å²) in [6, 6.07) is 10.8. The van der Waals surface area contributed by atoms with Crippen LogP contribution in [0.1, 0.15) is 46.9 Å². The van der Waals surface area contributed by atoms with Crippen molar-refractivity contribution in [3.05, 3.63) is 69.8 Å². The van der Waals surface area contributed by atoms with E-state index in [0.29, 0.717) is 17.9 Å². The Kier molecular flexibility index (Phi) is 9.46. The first-order valence-electron chi connectivity index (χ1n) is 11.8. The van der Waals surface area contributed by atoms with E-state index in [0.717, 1.165) is 30.0 Å². The van der Waals surface area contributed by atoms with E-state index in [-0.39, 0.29) is 24.2 Å². The van der Waals surface area contributed by atoms with Crippen molar-refractivity contribution in [1.82, 2.24) is 10.4 Å². The Bertz CT molecular complexity index is 1210. The quantitative estimate of drug-likeness (QED) is 0.192. The van der Waals surface area contributed by atoms with Crippen molar-refractivity contribution in [2.24, 2.45) is 5.92 Å². The fourth-order valence-corrected chi connectivity index (χ4v) is 3.43. The summed E-state index contributed by atoms with van der Waals surface area (Å²) in [6.45, 7) is 1.56. The van der Waals surface area contributed by atoms with Gasteiger partial charge in [0, 0.05) is 29.8 Å². The van der Waals surface area contributed by atoms with Gasteiger partial charge in [-0.1, -0.05) is 13.3 Å². The van der Waals surface area contributed by atoms with Gasteiger partial charge in [0.05, 0.1) is 29.6 Å². The molecule has 1 heterocycles. The molecule has 3 amide bonds. The van der Waals surface area contributed by atoms with Gasteiger partial charge in [0.1, 0.15) is 0 Å². The normalized spacial score (nSPS) is 14.5. The molecule has 1 aliphatic rings. The second kappa shape index (κ2) is 12.9. The number of carbonyl (C=O) groups excluding carboxylic acids is 5. The van der Waals surface area contributed by atoms with Gasteiger partial charge in [-0.3, -0.25) is 39.7 Å². The topological polar surface area (TPSA) is 174 Å². The smallest absolute Gasteiger partial charge is 0.338 e. The second-order valence-electron chi connectivity index (χ2n) is 8.37. The van der Waals surface area contributed by atoms with E-state index in [1.165, 1.54) is 36.4 Å². The number of hydrogen-bond acceptors (Lipinski definition) is 9. The maximum Gasteiger partial charge on any atom is 0.338 e. The number of nitrogens with one attached hydrogen (secondary N) is 2.